The van der Waals surface area contributed by atoms with Crippen LogP contribution in [0.15, 0.2) is 65.5 Å². The highest BCUT2D eigenvalue weighted by molar-refractivity contribution is 5.95. The molecule has 0 unspecified atom stereocenters. The number of nitrogens with zero attached hydrogens (tertiary/aromatic N) is 2. The van der Waals surface area contributed by atoms with Crippen LogP contribution in [0.5, 0.6) is 0 Å². The summed E-state index contributed by atoms with van der Waals surface area (Å²) in [5.41, 5.74) is 2.80. The number of carbonyl (C=O) groups excluding carboxylic acids is 2. The predicted molar refractivity (Wildman–Crippen MR) is 129 cm³/mol. The van der Waals surface area contributed by atoms with Gasteiger partial charge in [0.15, 0.2) is 0 Å². The quantitative estimate of drug-likeness (QED) is 0.397. The van der Waals surface area contributed by atoms with E-state index in [0.717, 1.165) is 5.56 Å². The molecule has 3 N–H and O–H groups in total. The van der Waals surface area contributed by atoms with Crippen molar-refractivity contribution in [1.29, 1.82) is 0 Å². The van der Waals surface area contributed by atoms with Crippen LogP contribution < -0.4 is 16.2 Å². The second-order valence-electron chi connectivity index (χ2n) is 7.53. The van der Waals surface area contributed by atoms with Crippen LogP contribution in [-0.4, -0.2) is 46.6 Å². The molecule has 9 nitrogen and oxygen atoms in total. The maximum atomic E-state index is 12.4. The Hall–Kier alpha value is -3.98. The number of nitrogens with one attached hydrogen (secondary N) is 2. The molecule has 0 aliphatic carbocycles. The molecule has 0 saturated heterocycles. The minimum atomic E-state index is -0.547. The number of aromatic nitrogens is 2. The van der Waals surface area contributed by atoms with Crippen LogP contribution in [0.25, 0.3) is 11.3 Å². The largest absolute Gasteiger partial charge is 0.450 e. The number of aliphatic hydroxyl groups excluding tert-OH is 1. The topological polar surface area (TPSA) is 123 Å². The summed E-state index contributed by atoms with van der Waals surface area (Å²) in [7, 11) is 0. The fourth-order valence-electron chi connectivity index (χ4n) is 3.28. The van der Waals surface area contributed by atoms with Crippen LogP contribution in [0.2, 0.25) is 0 Å². The number of anilines is 1. The highest BCUT2D eigenvalue weighted by Crippen LogP contribution is 2.18. The zero-order valence-corrected chi connectivity index (χ0v) is 19.0. The Morgan fingerprint density at radius 2 is 1.88 bits per heavy atom. The van der Waals surface area contributed by atoms with E-state index in [1.807, 2.05) is 12.1 Å². The molecule has 3 rings (SSSR count). The Balaban J connectivity index is 1.76. The molecular formula is C25H28N4O5. The smallest absolute Gasteiger partial charge is 0.411 e. The molecule has 0 bridgehead atoms. The molecule has 34 heavy (non-hydrogen) atoms. The standard InChI is InChI=1S/C25H28N4O5/c1-2-34-25(33)27-21-10-5-7-18(15-21)17-29-23(31)12-11-22(28-29)19-8-6-9-20(16-19)24(32)26-13-3-4-14-30/h5-12,15-16,30H,2-4,13-14,17H2,1H3,(H,26,32)(H,27,33). The fraction of sp³-hybridized carbons (Fsp3) is 0.280. The van der Waals surface area contributed by atoms with Gasteiger partial charge < -0.3 is 15.2 Å². The molecule has 0 atom stereocenters. The van der Waals surface area contributed by atoms with Crippen molar-refractivity contribution in [2.45, 2.75) is 26.3 Å². The molecule has 1 heterocycles. The van der Waals surface area contributed by atoms with Crippen molar-refractivity contribution < 1.29 is 19.4 Å². The molecule has 0 aliphatic heterocycles. The lowest BCUT2D eigenvalue weighted by Gasteiger charge is -2.10. The summed E-state index contributed by atoms with van der Waals surface area (Å²) >= 11 is 0. The van der Waals surface area contributed by atoms with Crippen LogP contribution in [0.3, 0.4) is 0 Å². The first-order chi connectivity index (χ1) is 16.5. The molecule has 0 radical (unpaired) electrons. The summed E-state index contributed by atoms with van der Waals surface area (Å²) in [6.07, 6.45) is 0.785. The molecule has 2 amide bonds. The first-order valence-electron chi connectivity index (χ1n) is 11.1. The average Bonchev–Trinajstić information content (AvgIpc) is 2.83. The summed E-state index contributed by atoms with van der Waals surface area (Å²) in [5.74, 6) is -0.209. The maximum Gasteiger partial charge on any atom is 0.411 e. The number of carbonyl (C=O) groups is 2. The van der Waals surface area contributed by atoms with Crippen LogP contribution in [0, 0.1) is 0 Å². The van der Waals surface area contributed by atoms with Gasteiger partial charge in [-0.1, -0.05) is 24.3 Å². The van der Waals surface area contributed by atoms with Crippen LogP contribution in [0.1, 0.15) is 35.7 Å². The zero-order valence-electron chi connectivity index (χ0n) is 19.0. The number of benzene rings is 2. The summed E-state index contributed by atoms with van der Waals surface area (Å²) in [4.78, 5) is 36.5. The Morgan fingerprint density at radius 3 is 2.68 bits per heavy atom. The lowest BCUT2D eigenvalue weighted by atomic mass is 10.1. The first-order valence-corrected chi connectivity index (χ1v) is 11.1. The number of rotatable bonds is 10. The molecule has 3 aromatic rings. The van der Waals surface area contributed by atoms with Crippen molar-refractivity contribution in [1.82, 2.24) is 15.1 Å². The third-order valence-electron chi connectivity index (χ3n) is 4.94. The molecule has 0 fully saturated rings. The van der Waals surface area contributed by atoms with Gasteiger partial charge >= 0.3 is 6.09 Å². The third kappa shape index (κ3) is 7.01. The van der Waals surface area contributed by atoms with Gasteiger partial charge in [0.05, 0.1) is 18.8 Å². The van der Waals surface area contributed by atoms with Crippen molar-refractivity contribution in [2.75, 3.05) is 25.1 Å². The molecular weight excluding hydrogens is 436 g/mol. The molecule has 9 heteroatoms. The molecule has 178 valence electrons. The summed E-state index contributed by atoms with van der Waals surface area (Å²) in [6, 6.07) is 17.2. The van der Waals surface area contributed by atoms with E-state index in [4.69, 9.17) is 9.84 Å². The lowest BCUT2D eigenvalue weighted by molar-refractivity contribution is 0.0952. The normalized spacial score (nSPS) is 10.5. The highest BCUT2D eigenvalue weighted by atomic mass is 16.5. The Labute approximate surface area is 197 Å². The first kappa shape index (κ1) is 24.7. The molecule has 0 saturated carbocycles. The lowest BCUT2D eigenvalue weighted by Crippen LogP contribution is -2.24. The van der Waals surface area contributed by atoms with Gasteiger partial charge in [0.1, 0.15) is 0 Å². The van der Waals surface area contributed by atoms with E-state index >= 15 is 0 Å². The van der Waals surface area contributed by atoms with Gasteiger partial charge in [0.25, 0.3) is 11.5 Å². The number of hydrogen-bond acceptors (Lipinski definition) is 6. The molecule has 0 aliphatic rings. The second-order valence-corrected chi connectivity index (χ2v) is 7.53. The fourth-order valence-corrected chi connectivity index (χ4v) is 3.28. The number of amides is 2. The van der Waals surface area contributed by atoms with E-state index in [2.05, 4.69) is 15.7 Å². The van der Waals surface area contributed by atoms with E-state index in [1.54, 1.807) is 49.4 Å². The number of hydrogen-bond donors (Lipinski definition) is 3. The number of aliphatic hydroxyl groups is 1. The van der Waals surface area contributed by atoms with Crippen molar-refractivity contribution >= 4 is 17.7 Å². The van der Waals surface area contributed by atoms with Gasteiger partial charge in [-0.2, -0.15) is 5.10 Å². The highest BCUT2D eigenvalue weighted by Gasteiger charge is 2.10. The van der Waals surface area contributed by atoms with Crippen LogP contribution >= 0.6 is 0 Å². The van der Waals surface area contributed by atoms with E-state index < -0.39 is 6.09 Å². The third-order valence-corrected chi connectivity index (χ3v) is 4.94. The monoisotopic (exact) mass is 464 g/mol. The SMILES string of the molecule is CCOC(=O)Nc1cccc(Cn2nc(-c3cccc(C(=O)NCCCCO)c3)ccc2=O)c1. The Kier molecular flexibility index (Phi) is 8.93. The van der Waals surface area contributed by atoms with E-state index in [0.29, 0.717) is 41.9 Å². The van der Waals surface area contributed by atoms with Crippen molar-refractivity contribution in [2.24, 2.45) is 0 Å². The van der Waals surface area contributed by atoms with Crippen molar-refractivity contribution in [3.63, 3.8) is 0 Å². The van der Waals surface area contributed by atoms with Gasteiger partial charge in [0.2, 0.25) is 0 Å². The van der Waals surface area contributed by atoms with Gasteiger partial charge in [-0.05, 0) is 55.7 Å². The molecule has 1 aromatic heterocycles. The summed E-state index contributed by atoms with van der Waals surface area (Å²) < 4.78 is 6.22. The zero-order chi connectivity index (χ0) is 24.3. The predicted octanol–water partition coefficient (Wildman–Crippen LogP) is 3.03. The van der Waals surface area contributed by atoms with Crippen molar-refractivity contribution in [3.8, 4) is 11.3 Å². The second kappa shape index (κ2) is 12.3. The minimum absolute atomic E-state index is 0.0962. The van der Waals surface area contributed by atoms with Gasteiger partial charge in [-0.25, -0.2) is 9.48 Å². The van der Waals surface area contributed by atoms with Gasteiger partial charge in [-0.3, -0.25) is 14.9 Å². The van der Waals surface area contributed by atoms with E-state index in [1.165, 1.54) is 10.7 Å². The van der Waals surface area contributed by atoms with E-state index in [9.17, 15) is 14.4 Å². The van der Waals surface area contributed by atoms with Crippen molar-refractivity contribution in [3.05, 3.63) is 82.1 Å². The number of unbranched alkanes of at least 4 members (excludes halogenated alkanes) is 1. The van der Waals surface area contributed by atoms with Crippen LogP contribution in [0.4, 0.5) is 10.5 Å². The Bertz CT molecular complexity index is 1190. The Morgan fingerprint density at radius 1 is 1.06 bits per heavy atom. The van der Waals surface area contributed by atoms with Gasteiger partial charge in [-0.15, -0.1) is 0 Å². The average molecular weight is 465 g/mol. The summed E-state index contributed by atoms with van der Waals surface area (Å²) in [6.45, 7) is 2.78. The minimum Gasteiger partial charge on any atom is -0.450 e. The maximum absolute atomic E-state index is 12.4. The molecule has 2 aromatic carbocycles. The van der Waals surface area contributed by atoms with E-state index in [-0.39, 0.29) is 31.2 Å². The summed E-state index contributed by atoms with van der Waals surface area (Å²) in [5, 5.41) is 18.8. The van der Waals surface area contributed by atoms with Gasteiger partial charge in [0, 0.05) is 36.0 Å². The number of ether oxygens (including phenoxy) is 1. The van der Waals surface area contributed by atoms with Crippen LogP contribution in [-0.2, 0) is 11.3 Å². The molecule has 0 spiro atoms.